The summed E-state index contributed by atoms with van der Waals surface area (Å²) >= 11 is 0. The van der Waals surface area contributed by atoms with Crippen LogP contribution in [0.4, 0.5) is 0 Å². The molecule has 0 unspecified atom stereocenters. The topological polar surface area (TPSA) is 306 Å². The molecule has 0 amide bonds. The van der Waals surface area contributed by atoms with E-state index in [4.69, 9.17) is 15.3 Å². The van der Waals surface area contributed by atoms with Gasteiger partial charge in [0, 0.05) is 16.3 Å². The number of terminal acetylenes is 1. The van der Waals surface area contributed by atoms with Gasteiger partial charge in [0.25, 0.3) is 0 Å². The quantitative estimate of drug-likeness (QED) is 0.0693. The van der Waals surface area contributed by atoms with Crippen molar-refractivity contribution < 1.29 is 70.1 Å². The van der Waals surface area contributed by atoms with Crippen molar-refractivity contribution in [2.45, 2.75) is 0 Å². The van der Waals surface area contributed by atoms with Crippen LogP contribution >= 0.6 is 0 Å². The molecule has 16 nitrogen and oxygen atoms in total. The first kappa shape index (κ1) is 29.0. The molecule has 48 heavy (non-hydrogen) atoms. The Labute approximate surface area is 263 Å². The minimum atomic E-state index is -1.27. The van der Waals surface area contributed by atoms with Gasteiger partial charge in [-0.25, -0.2) is 4.98 Å². The van der Waals surface area contributed by atoms with Gasteiger partial charge >= 0.3 is 0 Å². The average Bonchev–Trinajstić information content (AvgIpc) is 3.67. The number of hydrogen-bond acceptors (Lipinski definition) is 16. The number of pyridine rings is 1. The van der Waals surface area contributed by atoms with Crippen molar-refractivity contribution in [1.82, 2.24) is 4.98 Å². The fourth-order valence-electron chi connectivity index (χ4n) is 5.75. The highest BCUT2D eigenvalue weighted by molar-refractivity contribution is 6.20. The van der Waals surface area contributed by atoms with E-state index in [9.17, 15) is 66.5 Å². The first-order valence-corrected chi connectivity index (χ1v) is 13.2. The molecule has 0 aliphatic rings. The van der Waals surface area contributed by atoms with Crippen molar-refractivity contribution >= 4 is 43.9 Å². The van der Waals surface area contributed by atoms with Gasteiger partial charge in [-0.15, -0.1) is 6.42 Å². The Morgan fingerprint density at radius 3 is 1.65 bits per heavy atom. The van der Waals surface area contributed by atoms with Crippen molar-refractivity contribution in [2.24, 2.45) is 0 Å². The minimum absolute atomic E-state index is 0.00254. The fourth-order valence-corrected chi connectivity index (χ4v) is 5.75. The van der Waals surface area contributed by atoms with E-state index in [1.807, 2.05) is 0 Å². The number of phenolic OH excluding ortho intramolecular Hbond substituents is 12. The van der Waals surface area contributed by atoms with Crippen molar-refractivity contribution in [3.05, 3.63) is 29.6 Å². The maximum atomic E-state index is 11.4. The Morgan fingerprint density at radius 1 is 0.521 bits per heavy atom. The van der Waals surface area contributed by atoms with Gasteiger partial charge in [-0.1, -0.05) is 6.07 Å². The molecule has 16 heteroatoms. The van der Waals surface area contributed by atoms with Crippen LogP contribution in [0.2, 0.25) is 0 Å². The van der Waals surface area contributed by atoms with Gasteiger partial charge in [-0.3, -0.25) is 0 Å². The molecule has 12 N–H and O–H groups in total. The molecule has 3 aromatic heterocycles. The van der Waals surface area contributed by atoms with Crippen LogP contribution in [0.1, 0.15) is 11.4 Å². The second-order valence-corrected chi connectivity index (χ2v) is 10.4. The van der Waals surface area contributed by atoms with Gasteiger partial charge in [-0.2, -0.15) is 5.26 Å². The van der Waals surface area contributed by atoms with E-state index in [0.717, 1.165) is 0 Å². The van der Waals surface area contributed by atoms with E-state index in [1.165, 1.54) is 18.2 Å². The molecule has 0 atom stereocenters. The van der Waals surface area contributed by atoms with Crippen molar-refractivity contribution in [2.75, 3.05) is 0 Å². The molecule has 3 heterocycles. The summed E-state index contributed by atoms with van der Waals surface area (Å²) in [5.74, 6) is -11.2. The second kappa shape index (κ2) is 9.39. The summed E-state index contributed by atoms with van der Waals surface area (Å²) in [5.41, 5.74) is -4.11. The molecule has 238 valence electrons. The number of hydrogen-bond donors (Lipinski definition) is 12. The summed E-state index contributed by atoms with van der Waals surface area (Å²) < 4.78 is 11.2. The predicted molar refractivity (Wildman–Crippen MR) is 162 cm³/mol. The fraction of sp³-hybridized carbons (Fsp3) is 0. The molecule has 7 aromatic rings. The summed E-state index contributed by atoms with van der Waals surface area (Å²) in [4.78, 5) is 4.03. The number of rotatable bonds is 2. The van der Waals surface area contributed by atoms with Crippen molar-refractivity contribution in [3.8, 4) is 110 Å². The summed E-state index contributed by atoms with van der Waals surface area (Å²) in [5, 5.41) is 135. The van der Waals surface area contributed by atoms with Crippen LogP contribution in [0.15, 0.2) is 27.0 Å². The lowest BCUT2D eigenvalue weighted by atomic mass is 9.93. The molecule has 0 saturated carbocycles. The van der Waals surface area contributed by atoms with E-state index in [-0.39, 0.29) is 33.2 Å². The Morgan fingerprint density at radius 2 is 1.04 bits per heavy atom. The van der Waals surface area contributed by atoms with Gasteiger partial charge in [-0.05, 0) is 23.6 Å². The van der Waals surface area contributed by atoms with Gasteiger partial charge < -0.3 is 70.1 Å². The van der Waals surface area contributed by atoms with E-state index in [1.54, 1.807) is 6.07 Å². The van der Waals surface area contributed by atoms with E-state index >= 15 is 0 Å². The molecule has 0 radical (unpaired) electrons. The summed E-state index contributed by atoms with van der Waals surface area (Å²) in [6, 6.07) is 5.57. The van der Waals surface area contributed by atoms with Crippen LogP contribution in [-0.4, -0.2) is 66.3 Å². The summed E-state index contributed by atoms with van der Waals surface area (Å²) in [6.45, 7) is 0. The summed E-state index contributed by atoms with van der Waals surface area (Å²) in [6.07, 6.45) is 5.62. The second-order valence-electron chi connectivity index (χ2n) is 10.4. The summed E-state index contributed by atoms with van der Waals surface area (Å²) in [7, 11) is 0. The third kappa shape index (κ3) is 3.39. The number of phenols is 12. The zero-order chi connectivity index (χ0) is 34.7. The first-order chi connectivity index (χ1) is 22.7. The monoisotopic (exact) mass is 652 g/mol. The smallest absolute Gasteiger partial charge is 0.208 e. The number of aromatic hydroxyl groups is 12. The number of fused-ring (bicyclic) bond motifs is 6. The number of nitrogens with zero attached hydrogens (tertiary/aromatic N) is 2. The van der Waals surface area contributed by atoms with Crippen LogP contribution in [0, 0.1) is 23.7 Å². The Balaban J connectivity index is 1.64. The molecule has 0 aliphatic carbocycles. The minimum Gasteiger partial charge on any atom is -0.506 e. The molecule has 0 bridgehead atoms. The Bertz CT molecular complexity index is 2700. The van der Waals surface area contributed by atoms with E-state index in [0.29, 0.717) is 0 Å². The lowest BCUT2D eigenvalue weighted by Crippen LogP contribution is -1.96. The van der Waals surface area contributed by atoms with Crippen LogP contribution in [0.3, 0.4) is 0 Å². The molecule has 0 spiro atoms. The third-order valence-electron chi connectivity index (χ3n) is 7.95. The van der Waals surface area contributed by atoms with E-state index < -0.39 is 113 Å². The van der Waals surface area contributed by atoms with Crippen LogP contribution < -0.4 is 0 Å². The standard InChI is InChI=1S/C32H16N2O14/c1-2-9-30-13(14(10(6-33)34-9)15-20(37)23(40)26(43)24(41)21(15)38)8-5-7(3-4-11(8)47-30)12-18(35)16-17-22(39)25(42)27(44)29(46)32(17)48-31(16)28(45)19(12)36/h1,3-5,35-46H. The van der Waals surface area contributed by atoms with Crippen molar-refractivity contribution in [3.63, 3.8) is 0 Å². The van der Waals surface area contributed by atoms with Gasteiger partial charge in [0.05, 0.1) is 21.9 Å². The largest absolute Gasteiger partial charge is 0.506 e. The van der Waals surface area contributed by atoms with E-state index in [2.05, 4.69) is 10.9 Å². The number of benzene rings is 4. The van der Waals surface area contributed by atoms with Gasteiger partial charge in [0.15, 0.2) is 51.1 Å². The van der Waals surface area contributed by atoms with Gasteiger partial charge in [0.2, 0.25) is 40.2 Å². The molecular formula is C32H16N2O14. The molecule has 0 saturated heterocycles. The average molecular weight is 652 g/mol. The Kier molecular flexibility index (Phi) is 5.68. The highest BCUT2D eigenvalue weighted by atomic mass is 16.4. The zero-order valence-electron chi connectivity index (χ0n) is 23.4. The number of aromatic nitrogens is 1. The first-order valence-electron chi connectivity index (χ1n) is 13.2. The van der Waals surface area contributed by atoms with Crippen LogP contribution in [0.25, 0.3) is 66.1 Å². The SMILES string of the molecule is C#Cc1nc(C#N)c(-c2c(O)c(O)c(O)c(O)c2O)c2c1oc1ccc(-c3c(O)c(O)c4oc5c(O)c(O)c(O)c(O)c5c4c3O)cc12. The highest BCUT2D eigenvalue weighted by Crippen LogP contribution is 2.60. The normalized spacial score (nSPS) is 11.5. The van der Waals surface area contributed by atoms with Crippen LogP contribution in [0.5, 0.6) is 69.0 Å². The maximum Gasteiger partial charge on any atom is 0.208 e. The predicted octanol–water partition coefficient (Wildman–Crippen LogP) is 4.53. The maximum absolute atomic E-state index is 11.4. The zero-order valence-corrected chi connectivity index (χ0v) is 23.4. The lowest BCUT2D eigenvalue weighted by Gasteiger charge is -2.14. The lowest BCUT2D eigenvalue weighted by molar-refractivity contribution is 0.330. The molecule has 0 aliphatic heterocycles. The highest BCUT2D eigenvalue weighted by Gasteiger charge is 2.33. The number of nitriles is 1. The Hall–Kier alpha value is -7.72. The molecule has 4 aromatic carbocycles. The third-order valence-corrected chi connectivity index (χ3v) is 7.95. The van der Waals surface area contributed by atoms with Crippen LogP contribution in [-0.2, 0) is 0 Å². The molecular weight excluding hydrogens is 636 g/mol. The molecule has 7 rings (SSSR count). The molecule has 0 fully saturated rings. The number of furan rings is 2. The van der Waals surface area contributed by atoms with Gasteiger partial charge in [0.1, 0.15) is 17.4 Å². The van der Waals surface area contributed by atoms with Crippen molar-refractivity contribution in [1.29, 1.82) is 5.26 Å².